The lowest BCUT2D eigenvalue weighted by Crippen LogP contribution is -1.91. The first-order chi connectivity index (χ1) is 7.72. The lowest BCUT2D eigenvalue weighted by molar-refractivity contribution is 0.416. The van der Waals surface area contributed by atoms with Crippen LogP contribution in [0, 0.1) is 0 Å². The van der Waals surface area contributed by atoms with E-state index in [1.165, 1.54) is 6.33 Å². The molecule has 0 atom stereocenters. The van der Waals surface area contributed by atoms with Gasteiger partial charge < -0.3 is 4.74 Å². The molecule has 0 fully saturated rings. The zero-order chi connectivity index (χ0) is 11.5. The number of nitrogens with zero attached hydrogens (tertiary/aromatic N) is 2. The largest absolute Gasteiger partial charge is 0.494 e. The second kappa shape index (κ2) is 4.68. The summed E-state index contributed by atoms with van der Waals surface area (Å²) in [6, 6.07) is 5.16. The van der Waals surface area contributed by atoms with Crippen molar-refractivity contribution in [3.8, 4) is 17.0 Å². The van der Waals surface area contributed by atoms with Crippen LogP contribution in [0.15, 0.2) is 30.7 Å². The van der Waals surface area contributed by atoms with Crippen LogP contribution in [0.5, 0.6) is 5.75 Å². The first kappa shape index (κ1) is 11.2. The Labute approximate surface area is 103 Å². The van der Waals surface area contributed by atoms with Gasteiger partial charge in [-0.25, -0.2) is 9.97 Å². The molecule has 0 saturated carbocycles. The summed E-state index contributed by atoms with van der Waals surface area (Å²) < 4.78 is 5.23. The van der Waals surface area contributed by atoms with Crippen LogP contribution in [-0.4, -0.2) is 17.1 Å². The molecule has 0 N–H and O–H groups in total. The van der Waals surface area contributed by atoms with Crippen molar-refractivity contribution in [3.63, 3.8) is 0 Å². The van der Waals surface area contributed by atoms with Crippen LogP contribution < -0.4 is 4.74 Å². The maximum Gasteiger partial charge on any atom is 0.146 e. The van der Waals surface area contributed by atoms with Gasteiger partial charge in [0.05, 0.1) is 17.8 Å². The number of aromatic nitrogens is 2. The minimum atomic E-state index is 0.462. The summed E-state index contributed by atoms with van der Waals surface area (Å²) >= 11 is 12.0. The van der Waals surface area contributed by atoms with Crippen LogP contribution in [-0.2, 0) is 0 Å². The Morgan fingerprint density at radius 1 is 1.25 bits per heavy atom. The van der Waals surface area contributed by atoms with Crippen LogP contribution in [0.4, 0.5) is 0 Å². The number of benzene rings is 1. The molecule has 0 radical (unpaired) electrons. The van der Waals surface area contributed by atoms with Crippen molar-refractivity contribution in [2.45, 2.75) is 0 Å². The molecule has 0 unspecified atom stereocenters. The van der Waals surface area contributed by atoms with Crippen molar-refractivity contribution in [1.29, 1.82) is 0 Å². The molecule has 2 aromatic rings. The Kier molecular flexibility index (Phi) is 3.27. The van der Waals surface area contributed by atoms with E-state index in [9.17, 15) is 0 Å². The third-order valence-electron chi connectivity index (χ3n) is 2.07. The van der Waals surface area contributed by atoms with E-state index in [1.807, 2.05) is 0 Å². The standard InChI is InChI=1S/C11H8Cl2N2O/c1-16-11-8(4-7(12)5-9(11)13)10-2-3-14-6-15-10/h2-6H,1H3. The third kappa shape index (κ3) is 2.10. The molecular formula is C11H8Cl2N2O. The van der Waals surface area contributed by atoms with Gasteiger partial charge in [0.1, 0.15) is 12.1 Å². The minimum absolute atomic E-state index is 0.462. The van der Waals surface area contributed by atoms with Gasteiger partial charge in [0.2, 0.25) is 0 Å². The zero-order valence-electron chi connectivity index (χ0n) is 8.45. The molecule has 5 heteroatoms. The number of hydrogen-bond donors (Lipinski definition) is 0. The van der Waals surface area contributed by atoms with Gasteiger partial charge in [-0.3, -0.25) is 0 Å². The monoisotopic (exact) mass is 254 g/mol. The predicted molar refractivity (Wildman–Crippen MR) is 64.0 cm³/mol. The fourth-order valence-electron chi connectivity index (χ4n) is 1.41. The maximum atomic E-state index is 6.03. The average molecular weight is 255 g/mol. The van der Waals surface area contributed by atoms with Crippen LogP contribution in [0.2, 0.25) is 10.0 Å². The smallest absolute Gasteiger partial charge is 0.146 e. The number of halogens is 2. The lowest BCUT2D eigenvalue weighted by Gasteiger charge is -2.10. The Bertz CT molecular complexity index is 503. The summed E-state index contributed by atoms with van der Waals surface area (Å²) in [5, 5.41) is 1.00. The predicted octanol–water partition coefficient (Wildman–Crippen LogP) is 3.46. The SMILES string of the molecule is COc1c(Cl)cc(Cl)cc1-c1ccncn1. The van der Waals surface area contributed by atoms with Crippen LogP contribution in [0.1, 0.15) is 0 Å². The summed E-state index contributed by atoms with van der Waals surface area (Å²) in [5.74, 6) is 0.560. The van der Waals surface area contributed by atoms with Gasteiger partial charge in [-0.2, -0.15) is 0 Å². The normalized spacial score (nSPS) is 10.2. The maximum absolute atomic E-state index is 6.03. The van der Waals surface area contributed by atoms with E-state index in [4.69, 9.17) is 27.9 Å². The van der Waals surface area contributed by atoms with Crippen molar-refractivity contribution in [2.24, 2.45) is 0 Å². The zero-order valence-corrected chi connectivity index (χ0v) is 9.96. The first-order valence-electron chi connectivity index (χ1n) is 4.52. The van der Waals surface area contributed by atoms with Gasteiger partial charge in [-0.15, -0.1) is 0 Å². The number of rotatable bonds is 2. The van der Waals surface area contributed by atoms with Crippen molar-refractivity contribution >= 4 is 23.2 Å². The van der Waals surface area contributed by atoms with Crippen LogP contribution >= 0.6 is 23.2 Å². The van der Waals surface area contributed by atoms with Crippen molar-refractivity contribution in [1.82, 2.24) is 9.97 Å². The second-order valence-corrected chi connectivity index (χ2v) is 3.91. The summed E-state index contributed by atoms with van der Waals surface area (Å²) in [5.41, 5.74) is 1.47. The van der Waals surface area contributed by atoms with Gasteiger partial charge >= 0.3 is 0 Å². The van der Waals surface area contributed by atoms with Gasteiger partial charge in [-0.1, -0.05) is 23.2 Å². The Hall–Kier alpha value is -1.32. The van der Waals surface area contributed by atoms with E-state index in [0.717, 1.165) is 11.3 Å². The molecule has 2 rings (SSSR count). The highest BCUT2D eigenvalue weighted by Gasteiger charge is 2.12. The average Bonchev–Trinajstić information content (AvgIpc) is 2.29. The third-order valence-corrected chi connectivity index (χ3v) is 2.57. The van der Waals surface area contributed by atoms with Gasteiger partial charge in [-0.05, 0) is 18.2 Å². The molecule has 0 saturated heterocycles. The molecule has 1 heterocycles. The summed E-state index contributed by atoms with van der Waals surface area (Å²) in [4.78, 5) is 7.98. The molecule has 0 aliphatic heterocycles. The van der Waals surface area contributed by atoms with Gasteiger partial charge in [0.15, 0.2) is 0 Å². The number of methoxy groups -OCH3 is 1. The highest BCUT2D eigenvalue weighted by Crippen LogP contribution is 2.37. The topological polar surface area (TPSA) is 35.0 Å². The molecule has 82 valence electrons. The van der Waals surface area contributed by atoms with E-state index in [0.29, 0.717) is 15.8 Å². The minimum Gasteiger partial charge on any atom is -0.494 e. The highest BCUT2D eigenvalue weighted by molar-refractivity contribution is 6.36. The number of hydrogen-bond acceptors (Lipinski definition) is 3. The Balaban J connectivity index is 2.64. The Morgan fingerprint density at radius 2 is 2.06 bits per heavy atom. The van der Waals surface area contributed by atoms with E-state index in [-0.39, 0.29) is 0 Å². The molecule has 0 aliphatic carbocycles. The summed E-state index contributed by atoms with van der Waals surface area (Å²) in [7, 11) is 1.56. The van der Waals surface area contributed by atoms with Crippen LogP contribution in [0.3, 0.4) is 0 Å². The molecule has 1 aromatic heterocycles. The quantitative estimate of drug-likeness (QED) is 0.824. The molecule has 0 bridgehead atoms. The van der Waals surface area contributed by atoms with Crippen molar-refractivity contribution < 1.29 is 4.74 Å². The molecular weight excluding hydrogens is 247 g/mol. The molecule has 0 amide bonds. The second-order valence-electron chi connectivity index (χ2n) is 3.06. The van der Waals surface area contributed by atoms with E-state index < -0.39 is 0 Å². The van der Waals surface area contributed by atoms with E-state index in [1.54, 1.807) is 31.5 Å². The Morgan fingerprint density at radius 3 is 2.69 bits per heavy atom. The first-order valence-corrected chi connectivity index (χ1v) is 5.27. The van der Waals surface area contributed by atoms with Crippen molar-refractivity contribution in [2.75, 3.05) is 7.11 Å². The van der Waals surface area contributed by atoms with Gasteiger partial charge in [0, 0.05) is 16.8 Å². The van der Waals surface area contributed by atoms with Gasteiger partial charge in [0.25, 0.3) is 0 Å². The fraction of sp³-hybridized carbons (Fsp3) is 0.0909. The highest BCUT2D eigenvalue weighted by atomic mass is 35.5. The molecule has 16 heavy (non-hydrogen) atoms. The summed E-state index contributed by atoms with van der Waals surface area (Å²) in [6.45, 7) is 0. The fourth-order valence-corrected chi connectivity index (χ4v) is 1.98. The van der Waals surface area contributed by atoms with E-state index in [2.05, 4.69) is 9.97 Å². The number of ether oxygens (including phenoxy) is 1. The van der Waals surface area contributed by atoms with E-state index >= 15 is 0 Å². The molecule has 0 aliphatic rings. The van der Waals surface area contributed by atoms with Crippen molar-refractivity contribution in [3.05, 3.63) is 40.8 Å². The van der Waals surface area contributed by atoms with Crippen LogP contribution in [0.25, 0.3) is 11.3 Å². The molecule has 0 spiro atoms. The lowest BCUT2D eigenvalue weighted by atomic mass is 10.1. The molecule has 3 nitrogen and oxygen atoms in total. The molecule has 1 aromatic carbocycles. The summed E-state index contributed by atoms with van der Waals surface area (Å²) in [6.07, 6.45) is 3.11.